The third kappa shape index (κ3) is 6.48. The van der Waals surface area contributed by atoms with Gasteiger partial charge in [0.1, 0.15) is 5.60 Å². The first-order chi connectivity index (χ1) is 17.3. The summed E-state index contributed by atoms with van der Waals surface area (Å²) in [5.41, 5.74) is 3.36. The van der Waals surface area contributed by atoms with E-state index in [0.717, 1.165) is 16.6 Å². The molecule has 196 valence electrons. The molecule has 1 atom stereocenters. The van der Waals surface area contributed by atoms with Gasteiger partial charge in [-0.05, 0) is 70.8 Å². The fourth-order valence-electron chi connectivity index (χ4n) is 3.92. The van der Waals surface area contributed by atoms with Crippen molar-refractivity contribution in [1.29, 1.82) is 0 Å². The lowest BCUT2D eigenvalue weighted by molar-refractivity contribution is -0.159. The van der Waals surface area contributed by atoms with Crippen molar-refractivity contribution in [2.45, 2.75) is 40.2 Å². The smallest absolute Gasteiger partial charge is 0.419 e. The van der Waals surface area contributed by atoms with Crippen LogP contribution in [0.5, 0.6) is 0 Å². The summed E-state index contributed by atoms with van der Waals surface area (Å²) < 4.78 is 9.28. The molecule has 11 heteroatoms. The number of pyridine rings is 1. The zero-order valence-electron chi connectivity index (χ0n) is 21.2. The van der Waals surface area contributed by atoms with Gasteiger partial charge in [0.05, 0.1) is 23.3 Å². The summed E-state index contributed by atoms with van der Waals surface area (Å²) in [7, 11) is 0. The second-order valence-electron chi connectivity index (χ2n) is 9.54. The molecule has 0 aliphatic carbocycles. The number of hydrogen-bond donors (Lipinski definition) is 2. The highest BCUT2D eigenvalue weighted by Crippen LogP contribution is 2.36. The van der Waals surface area contributed by atoms with E-state index < -0.39 is 23.6 Å². The van der Waals surface area contributed by atoms with Crippen LogP contribution in [0.25, 0.3) is 10.9 Å². The molecule has 0 amide bonds. The van der Waals surface area contributed by atoms with Crippen molar-refractivity contribution >= 4 is 52.4 Å². The lowest BCUT2D eigenvalue weighted by Gasteiger charge is -2.20. The molecule has 37 heavy (non-hydrogen) atoms. The van der Waals surface area contributed by atoms with Gasteiger partial charge in [-0.3, -0.25) is 9.78 Å². The van der Waals surface area contributed by atoms with Crippen molar-refractivity contribution in [2.75, 3.05) is 16.6 Å². The summed E-state index contributed by atoms with van der Waals surface area (Å²) >= 11 is 1.64. The second kappa shape index (κ2) is 11.0. The van der Waals surface area contributed by atoms with E-state index in [9.17, 15) is 9.59 Å². The Hall–Kier alpha value is -3.86. The van der Waals surface area contributed by atoms with Gasteiger partial charge >= 0.3 is 18.0 Å². The molecule has 1 aliphatic rings. The number of ether oxygens (including phenoxy) is 1. The highest BCUT2D eigenvalue weighted by molar-refractivity contribution is 8.00. The van der Waals surface area contributed by atoms with Crippen LogP contribution in [0.15, 0.2) is 42.7 Å². The van der Waals surface area contributed by atoms with Gasteiger partial charge < -0.3 is 19.3 Å². The Morgan fingerprint density at radius 3 is 2.32 bits per heavy atom. The van der Waals surface area contributed by atoms with Crippen molar-refractivity contribution in [1.82, 2.24) is 9.55 Å². The molecule has 1 unspecified atom stereocenters. The molecule has 1 fully saturated rings. The Balaban J connectivity index is 0.000000568. The summed E-state index contributed by atoms with van der Waals surface area (Å²) in [6.45, 7) is 9.94. The maximum absolute atomic E-state index is 13.7. The maximum Gasteiger partial charge on any atom is 0.419 e. The van der Waals surface area contributed by atoms with E-state index in [1.165, 1.54) is 4.57 Å². The SMILES string of the molecule is Cc1ccc2c(c1)c(C(=O)C1CSN(c3cccnc3)C1)c(C)n2C(=O)OC(C)(C)C.O=C(O)C(=O)O. The lowest BCUT2D eigenvalue weighted by Crippen LogP contribution is -2.28. The fourth-order valence-corrected chi connectivity index (χ4v) is 5.07. The number of ketones is 1. The number of anilines is 1. The van der Waals surface area contributed by atoms with Crippen LogP contribution in [-0.2, 0) is 14.3 Å². The average Bonchev–Trinajstić information content (AvgIpc) is 3.41. The largest absolute Gasteiger partial charge is 0.473 e. The third-order valence-electron chi connectivity index (χ3n) is 5.49. The number of aliphatic carboxylic acids is 2. The molecule has 0 radical (unpaired) electrons. The molecular formula is C26H29N3O7S. The Morgan fingerprint density at radius 2 is 1.76 bits per heavy atom. The highest BCUT2D eigenvalue weighted by Gasteiger charge is 2.34. The molecule has 2 aromatic heterocycles. The van der Waals surface area contributed by atoms with Crippen LogP contribution in [0.1, 0.15) is 42.4 Å². The lowest BCUT2D eigenvalue weighted by atomic mass is 9.96. The zero-order chi connectivity index (χ0) is 27.5. The van der Waals surface area contributed by atoms with E-state index in [0.29, 0.717) is 29.1 Å². The van der Waals surface area contributed by atoms with Crippen LogP contribution < -0.4 is 4.31 Å². The Bertz CT molecular complexity index is 1330. The average molecular weight is 528 g/mol. The Morgan fingerprint density at radius 1 is 1.08 bits per heavy atom. The highest BCUT2D eigenvalue weighted by atomic mass is 32.2. The normalized spacial score (nSPS) is 15.2. The number of rotatable bonds is 3. The number of aryl methyl sites for hydroxylation is 1. The molecule has 1 aliphatic heterocycles. The van der Waals surface area contributed by atoms with E-state index in [1.54, 1.807) is 18.1 Å². The number of carbonyl (C=O) groups is 4. The number of carbonyl (C=O) groups excluding carboxylic acids is 2. The summed E-state index contributed by atoms with van der Waals surface area (Å²) in [4.78, 5) is 49.0. The summed E-state index contributed by atoms with van der Waals surface area (Å²) in [5, 5.41) is 15.6. The maximum atomic E-state index is 13.7. The van der Waals surface area contributed by atoms with Crippen LogP contribution in [-0.4, -0.2) is 61.5 Å². The van der Waals surface area contributed by atoms with Gasteiger partial charge in [-0.2, -0.15) is 0 Å². The molecular weight excluding hydrogens is 498 g/mol. The number of benzene rings is 1. The van der Waals surface area contributed by atoms with Crippen molar-refractivity contribution in [3.63, 3.8) is 0 Å². The first-order valence-electron chi connectivity index (χ1n) is 11.5. The minimum atomic E-state index is -1.82. The monoisotopic (exact) mass is 527 g/mol. The predicted molar refractivity (Wildman–Crippen MR) is 140 cm³/mol. The number of hydrogen-bond acceptors (Lipinski definition) is 8. The standard InChI is InChI=1S/C24H27N3O3S.C2H2O4/c1-15-8-9-20-19(11-15)21(16(2)27(20)23(29)30-24(3,4)5)22(28)17-13-26(31-14-17)18-7-6-10-25-12-18;3-1(4)2(5)6/h6-12,17H,13-14H2,1-5H3;(H,3,4)(H,5,6). The number of fused-ring (bicyclic) bond motifs is 1. The van der Waals surface area contributed by atoms with Gasteiger partial charge in [-0.1, -0.05) is 11.6 Å². The Kier molecular flexibility index (Phi) is 8.27. The summed E-state index contributed by atoms with van der Waals surface area (Å²) in [5.74, 6) is -3.06. The second-order valence-corrected chi connectivity index (χ2v) is 10.6. The van der Waals surface area contributed by atoms with Crippen molar-refractivity contribution in [3.05, 3.63) is 59.5 Å². The number of carboxylic acid groups (broad SMARTS) is 2. The van der Waals surface area contributed by atoms with Gasteiger partial charge in [0.2, 0.25) is 0 Å². The van der Waals surface area contributed by atoms with Gasteiger partial charge in [0, 0.05) is 35.1 Å². The molecule has 3 heterocycles. The molecule has 4 rings (SSSR count). The van der Waals surface area contributed by atoms with E-state index in [2.05, 4.69) is 9.29 Å². The van der Waals surface area contributed by atoms with Crippen LogP contribution in [0.4, 0.5) is 10.5 Å². The topological polar surface area (TPSA) is 139 Å². The summed E-state index contributed by atoms with van der Waals surface area (Å²) in [6.07, 6.45) is 3.09. The van der Waals surface area contributed by atoms with Crippen LogP contribution >= 0.6 is 11.9 Å². The molecule has 0 saturated carbocycles. The van der Waals surface area contributed by atoms with E-state index in [-0.39, 0.29) is 11.7 Å². The minimum Gasteiger partial charge on any atom is -0.473 e. The molecule has 0 spiro atoms. The first kappa shape index (κ1) is 27.7. The number of aromatic nitrogens is 2. The van der Waals surface area contributed by atoms with E-state index in [1.807, 2.05) is 71.1 Å². The minimum absolute atomic E-state index is 0.0642. The molecule has 1 aromatic carbocycles. The van der Waals surface area contributed by atoms with Gasteiger partial charge in [-0.25, -0.2) is 19.0 Å². The van der Waals surface area contributed by atoms with Crippen LogP contribution in [0, 0.1) is 19.8 Å². The number of Topliss-reactive ketones (excluding diaryl/α,β-unsaturated/α-hetero) is 1. The fraction of sp³-hybridized carbons (Fsp3) is 0.346. The van der Waals surface area contributed by atoms with Crippen molar-refractivity contribution in [3.8, 4) is 0 Å². The van der Waals surface area contributed by atoms with Crippen molar-refractivity contribution in [2.24, 2.45) is 5.92 Å². The predicted octanol–water partition coefficient (Wildman–Crippen LogP) is 4.56. The molecule has 10 nitrogen and oxygen atoms in total. The van der Waals surface area contributed by atoms with Crippen LogP contribution in [0.2, 0.25) is 0 Å². The quantitative estimate of drug-likeness (QED) is 0.283. The molecule has 3 aromatic rings. The van der Waals surface area contributed by atoms with Crippen molar-refractivity contribution < 1.29 is 34.1 Å². The number of nitrogens with zero attached hydrogens (tertiary/aromatic N) is 3. The zero-order valence-corrected chi connectivity index (χ0v) is 22.0. The van der Waals surface area contributed by atoms with Gasteiger partial charge in [-0.15, -0.1) is 0 Å². The van der Waals surface area contributed by atoms with E-state index >= 15 is 0 Å². The van der Waals surface area contributed by atoms with E-state index in [4.69, 9.17) is 24.5 Å². The molecule has 0 bridgehead atoms. The number of carboxylic acids is 2. The van der Waals surface area contributed by atoms with Gasteiger partial charge in [0.25, 0.3) is 0 Å². The third-order valence-corrected chi connectivity index (χ3v) is 6.71. The Labute approximate surface area is 218 Å². The van der Waals surface area contributed by atoms with Crippen LogP contribution in [0.3, 0.4) is 0 Å². The summed E-state index contributed by atoms with van der Waals surface area (Å²) in [6, 6.07) is 9.72. The molecule has 2 N–H and O–H groups in total. The molecule has 1 saturated heterocycles. The first-order valence-corrected chi connectivity index (χ1v) is 12.4. The van der Waals surface area contributed by atoms with Gasteiger partial charge in [0.15, 0.2) is 5.78 Å².